The van der Waals surface area contributed by atoms with Gasteiger partial charge in [0.25, 0.3) is 0 Å². The summed E-state index contributed by atoms with van der Waals surface area (Å²) in [6.07, 6.45) is -3.15. The fourth-order valence-corrected chi connectivity index (χ4v) is 3.01. The van der Waals surface area contributed by atoms with Gasteiger partial charge in [-0.15, -0.1) is 0 Å². The number of benzene rings is 1. The minimum absolute atomic E-state index is 0.0959. The van der Waals surface area contributed by atoms with Gasteiger partial charge in [-0.2, -0.15) is 13.2 Å². The van der Waals surface area contributed by atoms with Crippen LogP contribution in [0.5, 0.6) is 5.75 Å². The number of rotatable bonds is 2. The lowest BCUT2D eigenvalue weighted by Gasteiger charge is -2.39. The van der Waals surface area contributed by atoms with E-state index in [1.54, 1.807) is 18.2 Å². The van der Waals surface area contributed by atoms with E-state index in [4.69, 9.17) is 22.1 Å². The number of ether oxygens (including phenoxy) is 1. The van der Waals surface area contributed by atoms with Crippen molar-refractivity contribution < 1.29 is 17.9 Å². The van der Waals surface area contributed by atoms with E-state index in [2.05, 4.69) is 0 Å². The van der Waals surface area contributed by atoms with Crippen molar-refractivity contribution in [1.29, 1.82) is 0 Å². The monoisotopic (exact) mass is 307 g/mol. The third-order valence-electron chi connectivity index (χ3n) is 3.98. The molecule has 0 heterocycles. The van der Waals surface area contributed by atoms with E-state index >= 15 is 0 Å². The largest absolute Gasteiger partial charge is 0.495 e. The first-order valence-corrected chi connectivity index (χ1v) is 6.84. The lowest BCUT2D eigenvalue weighted by Crippen LogP contribution is -2.44. The summed E-state index contributed by atoms with van der Waals surface area (Å²) in [6.45, 7) is 0. The fraction of sp³-hybridized carbons (Fsp3) is 0.571. The zero-order valence-corrected chi connectivity index (χ0v) is 11.9. The van der Waals surface area contributed by atoms with Crippen molar-refractivity contribution in [3.05, 3.63) is 28.8 Å². The maximum absolute atomic E-state index is 12.9. The molecule has 112 valence electrons. The Morgan fingerprint density at radius 1 is 1.40 bits per heavy atom. The van der Waals surface area contributed by atoms with Crippen molar-refractivity contribution in [2.75, 3.05) is 7.11 Å². The van der Waals surface area contributed by atoms with Crippen LogP contribution in [-0.2, 0) is 5.54 Å². The van der Waals surface area contributed by atoms with Crippen LogP contribution in [0.4, 0.5) is 13.2 Å². The highest BCUT2D eigenvalue weighted by molar-refractivity contribution is 6.32. The lowest BCUT2D eigenvalue weighted by atomic mass is 9.72. The predicted octanol–water partition coefficient (Wildman–Crippen LogP) is 4.26. The highest BCUT2D eigenvalue weighted by Crippen LogP contribution is 2.45. The molecule has 2 unspecified atom stereocenters. The predicted molar refractivity (Wildman–Crippen MR) is 71.9 cm³/mol. The molecule has 0 radical (unpaired) electrons. The van der Waals surface area contributed by atoms with Crippen LogP contribution in [-0.4, -0.2) is 13.3 Å². The smallest absolute Gasteiger partial charge is 0.391 e. The Kier molecular flexibility index (Phi) is 4.21. The molecule has 0 bridgehead atoms. The molecular formula is C14H17ClF3NO. The molecule has 1 saturated carbocycles. The molecule has 0 aromatic heterocycles. The zero-order chi connectivity index (χ0) is 15.0. The van der Waals surface area contributed by atoms with E-state index < -0.39 is 17.6 Å². The summed E-state index contributed by atoms with van der Waals surface area (Å²) in [7, 11) is 1.47. The van der Waals surface area contributed by atoms with Crippen LogP contribution in [0.2, 0.25) is 5.02 Å². The van der Waals surface area contributed by atoms with Gasteiger partial charge in [0.1, 0.15) is 5.75 Å². The van der Waals surface area contributed by atoms with E-state index in [-0.39, 0.29) is 12.8 Å². The summed E-state index contributed by atoms with van der Waals surface area (Å²) in [5.74, 6) is -0.911. The maximum atomic E-state index is 12.9. The topological polar surface area (TPSA) is 35.2 Å². The summed E-state index contributed by atoms with van der Waals surface area (Å²) < 4.78 is 43.8. The Morgan fingerprint density at radius 3 is 2.70 bits per heavy atom. The Labute approximate surface area is 121 Å². The van der Waals surface area contributed by atoms with Gasteiger partial charge in [-0.05, 0) is 37.0 Å². The van der Waals surface area contributed by atoms with Crippen LogP contribution in [0, 0.1) is 5.92 Å². The summed E-state index contributed by atoms with van der Waals surface area (Å²) in [5.41, 5.74) is 5.91. The maximum Gasteiger partial charge on any atom is 0.391 e. The molecule has 0 saturated heterocycles. The quantitative estimate of drug-likeness (QED) is 0.886. The summed E-state index contributed by atoms with van der Waals surface area (Å²) in [6, 6.07) is 4.94. The van der Waals surface area contributed by atoms with Crippen molar-refractivity contribution in [3.8, 4) is 5.75 Å². The fourth-order valence-electron chi connectivity index (χ4n) is 2.82. The summed E-state index contributed by atoms with van der Waals surface area (Å²) in [5, 5.41) is 0.419. The minimum atomic E-state index is -4.19. The second-order valence-electron chi connectivity index (χ2n) is 5.34. The number of methoxy groups -OCH3 is 1. The highest BCUT2D eigenvalue weighted by atomic mass is 35.5. The van der Waals surface area contributed by atoms with Crippen LogP contribution in [0.15, 0.2) is 18.2 Å². The van der Waals surface area contributed by atoms with Crippen molar-refractivity contribution in [2.24, 2.45) is 11.7 Å². The van der Waals surface area contributed by atoms with Gasteiger partial charge in [0.15, 0.2) is 0 Å². The van der Waals surface area contributed by atoms with E-state index in [0.29, 0.717) is 29.2 Å². The van der Waals surface area contributed by atoms with Gasteiger partial charge in [0.05, 0.1) is 18.1 Å². The molecule has 1 aromatic carbocycles. The summed E-state index contributed by atoms with van der Waals surface area (Å²) in [4.78, 5) is 0. The molecule has 2 atom stereocenters. The standard InChI is InChI=1S/C14H17ClF3NO/c1-20-12-7-9(4-5-11(12)15)13(19)6-2-3-10(8-13)14(16,17)18/h4-5,7,10H,2-3,6,8,19H2,1H3. The second-order valence-corrected chi connectivity index (χ2v) is 5.75. The molecule has 6 heteroatoms. The van der Waals surface area contributed by atoms with Gasteiger partial charge in [0.2, 0.25) is 0 Å². The molecule has 0 spiro atoms. The Bertz CT molecular complexity index is 492. The van der Waals surface area contributed by atoms with Crippen LogP contribution >= 0.6 is 11.6 Å². The van der Waals surface area contributed by atoms with Gasteiger partial charge in [-0.25, -0.2) is 0 Å². The average molecular weight is 308 g/mol. The second kappa shape index (κ2) is 5.45. The molecule has 2 rings (SSSR count). The van der Waals surface area contributed by atoms with Crippen LogP contribution in [0.1, 0.15) is 31.2 Å². The van der Waals surface area contributed by atoms with Crippen molar-refractivity contribution >= 4 is 11.6 Å². The Balaban J connectivity index is 2.30. The molecule has 1 aliphatic rings. The van der Waals surface area contributed by atoms with E-state index in [1.165, 1.54) is 7.11 Å². The van der Waals surface area contributed by atoms with E-state index in [1.807, 2.05) is 0 Å². The van der Waals surface area contributed by atoms with Crippen molar-refractivity contribution in [1.82, 2.24) is 0 Å². The van der Waals surface area contributed by atoms with Gasteiger partial charge in [-0.3, -0.25) is 0 Å². The van der Waals surface area contributed by atoms with Crippen LogP contribution in [0.25, 0.3) is 0 Å². The van der Waals surface area contributed by atoms with Gasteiger partial charge < -0.3 is 10.5 Å². The Hall–Kier alpha value is -0.940. The highest BCUT2D eigenvalue weighted by Gasteiger charge is 2.46. The van der Waals surface area contributed by atoms with Gasteiger partial charge >= 0.3 is 6.18 Å². The Morgan fingerprint density at radius 2 is 2.10 bits per heavy atom. The molecule has 1 aromatic rings. The van der Waals surface area contributed by atoms with Crippen molar-refractivity contribution in [3.63, 3.8) is 0 Å². The van der Waals surface area contributed by atoms with Gasteiger partial charge in [-0.1, -0.05) is 24.1 Å². The normalized spacial score (nSPS) is 27.4. The lowest BCUT2D eigenvalue weighted by molar-refractivity contribution is -0.187. The first-order valence-electron chi connectivity index (χ1n) is 6.46. The molecular weight excluding hydrogens is 291 g/mol. The molecule has 0 amide bonds. The van der Waals surface area contributed by atoms with Gasteiger partial charge in [0, 0.05) is 5.54 Å². The molecule has 1 fully saturated rings. The number of hydrogen-bond acceptors (Lipinski definition) is 2. The molecule has 20 heavy (non-hydrogen) atoms. The molecule has 2 nitrogen and oxygen atoms in total. The number of alkyl halides is 3. The SMILES string of the molecule is COc1cc(C2(N)CCCC(C(F)(F)F)C2)ccc1Cl. The number of halogens is 4. The van der Waals surface area contributed by atoms with E-state index in [9.17, 15) is 13.2 Å². The third-order valence-corrected chi connectivity index (χ3v) is 4.29. The number of hydrogen-bond donors (Lipinski definition) is 1. The third kappa shape index (κ3) is 3.04. The van der Waals surface area contributed by atoms with E-state index in [0.717, 1.165) is 0 Å². The first kappa shape index (κ1) is 15.4. The summed E-state index contributed by atoms with van der Waals surface area (Å²) >= 11 is 5.94. The molecule has 1 aliphatic carbocycles. The average Bonchev–Trinajstić information content (AvgIpc) is 2.38. The molecule has 2 N–H and O–H groups in total. The number of nitrogens with two attached hydrogens (primary N) is 1. The van der Waals surface area contributed by atoms with Crippen LogP contribution < -0.4 is 10.5 Å². The van der Waals surface area contributed by atoms with Crippen LogP contribution in [0.3, 0.4) is 0 Å². The first-order chi connectivity index (χ1) is 9.26. The van der Waals surface area contributed by atoms with Crippen molar-refractivity contribution in [2.45, 2.75) is 37.4 Å². The zero-order valence-electron chi connectivity index (χ0n) is 11.1. The minimum Gasteiger partial charge on any atom is -0.495 e. The molecule has 0 aliphatic heterocycles.